The summed E-state index contributed by atoms with van der Waals surface area (Å²) in [4.78, 5) is 10.3. The van der Waals surface area contributed by atoms with Crippen LogP contribution in [0, 0.1) is 0 Å². The SMILES string of the molecule is c1ccc(-c2cc(-c3cc(-c4ccccc4)nc(-c4ccccc4)n3)cc(-c3cccc4sc5ccc6c7ccccc7ccc6c5c34)c2)cc1. The van der Waals surface area contributed by atoms with Gasteiger partial charge in [0.15, 0.2) is 5.82 Å². The number of hydrogen-bond donors (Lipinski definition) is 0. The Morgan fingerprint density at radius 1 is 0.333 bits per heavy atom. The molecule has 0 aliphatic carbocycles. The molecule has 0 aliphatic heterocycles. The van der Waals surface area contributed by atoms with Gasteiger partial charge in [-0.25, -0.2) is 9.97 Å². The smallest absolute Gasteiger partial charge is 0.160 e. The zero-order valence-electron chi connectivity index (χ0n) is 27.6. The number of thiophene rings is 1. The predicted octanol–water partition coefficient (Wildman–Crippen LogP) is 13.5. The number of hydrogen-bond acceptors (Lipinski definition) is 3. The summed E-state index contributed by atoms with van der Waals surface area (Å²) in [5.41, 5.74) is 9.59. The first-order chi connectivity index (χ1) is 25.3. The molecule has 51 heavy (non-hydrogen) atoms. The molecule has 0 amide bonds. The van der Waals surface area contributed by atoms with E-state index in [2.05, 4.69) is 158 Å². The van der Waals surface area contributed by atoms with Crippen molar-refractivity contribution in [1.29, 1.82) is 0 Å². The molecule has 3 heteroatoms. The Hall–Kier alpha value is -6.42. The lowest BCUT2D eigenvalue weighted by molar-refractivity contribution is 1.18. The van der Waals surface area contributed by atoms with E-state index in [1.807, 2.05) is 35.6 Å². The van der Waals surface area contributed by atoms with Gasteiger partial charge in [0.25, 0.3) is 0 Å². The van der Waals surface area contributed by atoms with E-state index in [0.29, 0.717) is 5.82 Å². The Morgan fingerprint density at radius 2 is 0.941 bits per heavy atom. The third-order valence-corrected chi connectivity index (χ3v) is 11.0. The number of benzene rings is 8. The molecule has 0 fully saturated rings. The minimum absolute atomic E-state index is 0.711. The van der Waals surface area contributed by atoms with Crippen LogP contribution in [-0.4, -0.2) is 9.97 Å². The molecule has 0 saturated heterocycles. The van der Waals surface area contributed by atoms with E-state index >= 15 is 0 Å². The van der Waals surface area contributed by atoms with Gasteiger partial charge in [-0.05, 0) is 80.2 Å². The van der Waals surface area contributed by atoms with Crippen molar-refractivity contribution in [2.75, 3.05) is 0 Å². The van der Waals surface area contributed by atoms with Crippen molar-refractivity contribution in [3.8, 4) is 56.2 Å². The molecule has 10 aromatic rings. The van der Waals surface area contributed by atoms with Crippen LogP contribution < -0.4 is 0 Å². The molecule has 2 aromatic heterocycles. The first-order valence-corrected chi connectivity index (χ1v) is 18.1. The lowest BCUT2D eigenvalue weighted by Crippen LogP contribution is -1.96. The van der Waals surface area contributed by atoms with Crippen LogP contribution in [0.3, 0.4) is 0 Å². The highest BCUT2D eigenvalue weighted by molar-refractivity contribution is 7.26. The number of nitrogens with zero attached hydrogens (tertiary/aromatic N) is 2. The molecule has 2 heterocycles. The van der Waals surface area contributed by atoms with E-state index in [4.69, 9.17) is 9.97 Å². The van der Waals surface area contributed by atoms with Gasteiger partial charge in [0, 0.05) is 36.9 Å². The predicted molar refractivity (Wildman–Crippen MR) is 217 cm³/mol. The second-order valence-electron chi connectivity index (χ2n) is 13.0. The Morgan fingerprint density at radius 3 is 1.73 bits per heavy atom. The molecule has 0 aliphatic rings. The average Bonchev–Trinajstić information content (AvgIpc) is 3.61. The van der Waals surface area contributed by atoms with Crippen molar-refractivity contribution in [3.63, 3.8) is 0 Å². The van der Waals surface area contributed by atoms with Crippen molar-refractivity contribution >= 4 is 53.1 Å². The largest absolute Gasteiger partial charge is 0.228 e. The zero-order valence-corrected chi connectivity index (χ0v) is 28.4. The van der Waals surface area contributed by atoms with Gasteiger partial charge in [-0.15, -0.1) is 11.3 Å². The standard InChI is InChI=1S/C48H30N2S/c1-4-13-31(14-5-1)35-27-36(29-37(28-35)43-30-42(33-16-6-2-7-17-33)49-48(50-43)34-18-8-3-9-19-34)39-21-12-22-44-46(39)47-41-24-23-32-15-10-11-20-38(32)40(41)25-26-45(47)51-44/h1-30H. The minimum Gasteiger partial charge on any atom is -0.228 e. The van der Waals surface area contributed by atoms with Crippen LogP contribution in [0.5, 0.6) is 0 Å². The Balaban J connectivity index is 1.25. The van der Waals surface area contributed by atoms with E-state index in [-0.39, 0.29) is 0 Å². The molecular weight excluding hydrogens is 637 g/mol. The molecule has 0 atom stereocenters. The van der Waals surface area contributed by atoms with Crippen LogP contribution in [0.15, 0.2) is 182 Å². The third kappa shape index (κ3) is 5.18. The first kappa shape index (κ1) is 29.5. The summed E-state index contributed by atoms with van der Waals surface area (Å²) in [6, 6.07) is 65.0. The maximum absolute atomic E-state index is 5.23. The van der Waals surface area contributed by atoms with Crippen molar-refractivity contribution in [2.24, 2.45) is 0 Å². The quantitative estimate of drug-likeness (QED) is 0.171. The van der Waals surface area contributed by atoms with Gasteiger partial charge in [0.05, 0.1) is 11.4 Å². The average molecular weight is 667 g/mol. The fourth-order valence-electron chi connectivity index (χ4n) is 7.44. The number of aromatic nitrogens is 2. The lowest BCUT2D eigenvalue weighted by atomic mass is 9.91. The second kappa shape index (κ2) is 12.2. The summed E-state index contributed by atoms with van der Waals surface area (Å²) in [6.07, 6.45) is 0. The van der Waals surface area contributed by atoms with Crippen LogP contribution in [0.4, 0.5) is 0 Å². The van der Waals surface area contributed by atoms with Crippen LogP contribution >= 0.6 is 11.3 Å². The summed E-state index contributed by atoms with van der Waals surface area (Å²) in [6.45, 7) is 0. The van der Waals surface area contributed by atoms with Gasteiger partial charge in [-0.2, -0.15) is 0 Å². The van der Waals surface area contributed by atoms with Crippen molar-refractivity contribution in [2.45, 2.75) is 0 Å². The highest BCUT2D eigenvalue weighted by Crippen LogP contribution is 2.45. The number of fused-ring (bicyclic) bond motifs is 7. The van der Waals surface area contributed by atoms with E-state index < -0.39 is 0 Å². The van der Waals surface area contributed by atoms with Crippen molar-refractivity contribution < 1.29 is 0 Å². The summed E-state index contributed by atoms with van der Waals surface area (Å²) in [5.74, 6) is 0.711. The maximum Gasteiger partial charge on any atom is 0.160 e. The molecule has 0 saturated carbocycles. The fraction of sp³-hybridized carbons (Fsp3) is 0. The van der Waals surface area contributed by atoms with Crippen LogP contribution in [0.25, 0.3) is 97.9 Å². The molecule has 0 N–H and O–H groups in total. The lowest BCUT2D eigenvalue weighted by Gasteiger charge is -2.14. The van der Waals surface area contributed by atoms with E-state index in [0.717, 1.165) is 39.2 Å². The van der Waals surface area contributed by atoms with Gasteiger partial charge in [0.2, 0.25) is 0 Å². The van der Waals surface area contributed by atoms with Crippen molar-refractivity contribution in [3.05, 3.63) is 182 Å². The second-order valence-corrected chi connectivity index (χ2v) is 14.0. The van der Waals surface area contributed by atoms with E-state index in [9.17, 15) is 0 Å². The molecule has 0 radical (unpaired) electrons. The summed E-state index contributed by atoms with van der Waals surface area (Å²) in [5, 5.41) is 7.75. The van der Waals surface area contributed by atoms with Crippen LogP contribution in [-0.2, 0) is 0 Å². The van der Waals surface area contributed by atoms with Gasteiger partial charge in [-0.1, -0.05) is 146 Å². The van der Waals surface area contributed by atoms with E-state index in [1.165, 1.54) is 52.8 Å². The minimum atomic E-state index is 0.711. The molecule has 0 unspecified atom stereocenters. The Labute approximate surface area is 300 Å². The summed E-state index contributed by atoms with van der Waals surface area (Å²) >= 11 is 1.87. The topological polar surface area (TPSA) is 25.8 Å². The summed E-state index contributed by atoms with van der Waals surface area (Å²) in [7, 11) is 0. The van der Waals surface area contributed by atoms with Gasteiger partial charge in [-0.3, -0.25) is 0 Å². The monoisotopic (exact) mass is 666 g/mol. The highest BCUT2D eigenvalue weighted by atomic mass is 32.1. The van der Waals surface area contributed by atoms with Crippen molar-refractivity contribution in [1.82, 2.24) is 9.97 Å². The number of rotatable bonds is 5. The fourth-order valence-corrected chi connectivity index (χ4v) is 8.59. The van der Waals surface area contributed by atoms with Crippen LogP contribution in [0.2, 0.25) is 0 Å². The van der Waals surface area contributed by atoms with Gasteiger partial charge < -0.3 is 0 Å². The normalized spacial score (nSPS) is 11.5. The molecule has 10 rings (SSSR count). The van der Waals surface area contributed by atoms with Gasteiger partial charge >= 0.3 is 0 Å². The third-order valence-electron chi connectivity index (χ3n) is 9.86. The Kier molecular flexibility index (Phi) is 7.04. The summed E-state index contributed by atoms with van der Waals surface area (Å²) < 4.78 is 2.59. The maximum atomic E-state index is 5.23. The highest BCUT2D eigenvalue weighted by Gasteiger charge is 2.18. The molecule has 2 nitrogen and oxygen atoms in total. The Bertz CT molecular complexity index is 2840. The molecule has 0 spiro atoms. The van der Waals surface area contributed by atoms with Crippen LogP contribution in [0.1, 0.15) is 0 Å². The molecule has 238 valence electrons. The molecular formula is C48H30N2S. The van der Waals surface area contributed by atoms with Gasteiger partial charge in [0.1, 0.15) is 0 Å². The zero-order chi connectivity index (χ0) is 33.7. The molecule has 0 bridgehead atoms. The molecule has 8 aromatic carbocycles. The van der Waals surface area contributed by atoms with E-state index in [1.54, 1.807) is 0 Å². The first-order valence-electron chi connectivity index (χ1n) is 17.2.